The number of nitro groups is 2. The van der Waals surface area contributed by atoms with Crippen molar-refractivity contribution in [1.82, 2.24) is 9.78 Å². The van der Waals surface area contributed by atoms with Crippen molar-refractivity contribution in [3.8, 4) is 5.69 Å². The molecule has 0 spiro atoms. The highest BCUT2D eigenvalue weighted by molar-refractivity contribution is 6.33. The van der Waals surface area contributed by atoms with Crippen molar-refractivity contribution in [2.24, 2.45) is 5.10 Å². The van der Waals surface area contributed by atoms with E-state index < -0.39 is 21.2 Å². The second kappa shape index (κ2) is 8.52. The standard InChI is InChI=1S/C22H17ClN6O5/c1-12-18(11-19-13(2)25-27(22(19)30)16-6-4-5-15(23)9-16)14(3)26(24-12)20-8-7-17(28(31)32)10-21(20)29(33)34/h4-11H,1-3H3/b19-11+. The molecule has 11 nitrogen and oxygen atoms in total. The minimum Gasteiger partial charge on any atom is -0.267 e. The Hall–Kier alpha value is -4.38. The van der Waals surface area contributed by atoms with Gasteiger partial charge in [0.15, 0.2) is 0 Å². The van der Waals surface area contributed by atoms with Crippen LogP contribution in [0.5, 0.6) is 0 Å². The number of rotatable bonds is 5. The van der Waals surface area contributed by atoms with Gasteiger partial charge >= 0.3 is 5.69 Å². The first-order chi connectivity index (χ1) is 16.1. The van der Waals surface area contributed by atoms with Crippen molar-refractivity contribution in [1.29, 1.82) is 0 Å². The average Bonchev–Trinajstić information content (AvgIpc) is 3.23. The molecule has 0 bridgehead atoms. The van der Waals surface area contributed by atoms with Gasteiger partial charge in [-0.05, 0) is 51.1 Å². The maximum Gasteiger partial charge on any atom is 0.301 e. The van der Waals surface area contributed by atoms with Gasteiger partial charge < -0.3 is 0 Å². The number of carbonyl (C=O) groups is 1. The zero-order chi connectivity index (χ0) is 24.7. The van der Waals surface area contributed by atoms with E-state index in [0.717, 1.165) is 6.07 Å². The Balaban J connectivity index is 1.77. The van der Waals surface area contributed by atoms with Crippen LogP contribution >= 0.6 is 11.6 Å². The predicted molar refractivity (Wildman–Crippen MR) is 126 cm³/mol. The lowest BCUT2D eigenvalue weighted by Gasteiger charge is -2.11. The number of aryl methyl sites for hydroxylation is 1. The molecule has 0 fully saturated rings. The third kappa shape index (κ3) is 3.92. The normalized spacial score (nSPS) is 14.6. The summed E-state index contributed by atoms with van der Waals surface area (Å²) in [5.74, 6) is -0.354. The third-order valence-corrected chi connectivity index (χ3v) is 5.58. The molecule has 34 heavy (non-hydrogen) atoms. The molecule has 0 atom stereocenters. The monoisotopic (exact) mass is 480 g/mol. The Morgan fingerprint density at radius 3 is 2.41 bits per heavy atom. The predicted octanol–water partition coefficient (Wildman–Crippen LogP) is 4.77. The van der Waals surface area contributed by atoms with Gasteiger partial charge in [-0.3, -0.25) is 25.0 Å². The highest BCUT2D eigenvalue weighted by Crippen LogP contribution is 2.32. The third-order valence-electron chi connectivity index (χ3n) is 5.35. The molecule has 3 aromatic rings. The fourth-order valence-corrected chi connectivity index (χ4v) is 3.84. The molecule has 0 saturated carbocycles. The topological polar surface area (TPSA) is 137 Å². The molecule has 2 aromatic carbocycles. The van der Waals surface area contributed by atoms with Crippen LogP contribution in [0.1, 0.15) is 23.9 Å². The number of hydrogen-bond acceptors (Lipinski definition) is 7. The Bertz CT molecular complexity index is 1440. The summed E-state index contributed by atoms with van der Waals surface area (Å²) in [6.07, 6.45) is 1.64. The van der Waals surface area contributed by atoms with E-state index in [9.17, 15) is 25.0 Å². The lowest BCUT2D eigenvalue weighted by Crippen LogP contribution is -2.21. The Kier molecular flexibility index (Phi) is 5.71. The number of carbonyl (C=O) groups excluding carboxylic acids is 1. The number of nitrogens with zero attached hydrogens (tertiary/aromatic N) is 6. The number of halogens is 1. The Morgan fingerprint density at radius 2 is 1.76 bits per heavy atom. The summed E-state index contributed by atoms with van der Waals surface area (Å²) in [7, 11) is 0. The van der Waals surface area contributed by atoms with Gasteiger partial charge in [0, 0.05) is 22.3 Å². The molecule has 1 aliphatic rings. The van der Waals surface area contributed by atoms with Crippen molar-refractivity contribution in [2.45, 2.75) is 20.8 Å². The van der Waals surface area contributed by atoms with E-state index in [-0.39, 0.29) is 11.6 Å². The minimum atomic E-state index is -0.701. The molecule has 0 aliphatic carbocycles. The van der Waals surface area contributed by atoms with Crippen molar-refractivity contribution in [3.05, 3.63) is 90.2 Å². The van der Waals surface area contributed by atoms with Crippen LogP contribution in [-0.4, -0.2) is 31.2 Å². The van der Waals surface area contributed by atoms with E-state index in [1.807, 2.05) is 0 Å². The summed E-state index contributed by atoms with van der Waals surface area (Å²) >= 11 is 6.04. The number of hydrazone groups is 1. The van der Waals surface area contributed by atoms with E-state index in [1.54, 1.807) is 51.1 Å². The molecule has 2 heterocycles. The summed E-state index contributed by atoms with van der Waals surface area (Å²) in [6.45, 7) is 5.09. The summed E-state index contributed by atoms with van der Waals surface area (Å²) < 4.78 is 1.34. The van der Waals surface area contributed by atoms with Crippen LogP contribution in [0.15, 0.2) is 53.1 Å². The fraction of sp³-hybridized carbons (Fsp3) is 0.136. The smallest absolute Gasteiger partial charge is 0.267 e. The van der Waals surface area contributed by atoms with E-state index in [1.165, 1.54) is 21.8 Å². The minimum absolute atomic E-state index is 0.0736. The van der Waals surface area contributed by atoms with E-state index in [2.05, 4.69) is 10.2 Å². The number of non-ortho nitro benzene ring substituents is 1. The van der Waals surface area contributed by atoms with Crippen LogP contribution < -0.4 is 5.01 Å². The zero-order valence-corrected chi connectivity index (χ0v) is 19.0. The molecular weight excluding hydrogens is 464 g/mol. The van der Waals surface area contributed by atoms with Gasteiger partial charge in [-0.25, -0.2) is 4.68 Å². The van der Waals surface area contributed by atoms with Crippen LogP contribution in [0.25, 0.3) is 11.8 Å². The van der Waals surface area contributed by atoms with Crippen LogP contribution in [0.4, 0.5) is 17.1 Å². The second-order valence-corrected chi connectivity index (χ2v) is 7.96. The first-order valence-electron chi connectivity index (χ1n) is 9.95. The number of amides is 1. The van der Waals surface area contributed by atoms with Crippen molar-refractivity contribution < 1.29 is 14.6 Å². The molecule has 1 amide bonds. The van der Waals surface area contributed by atoms with Gasteiger partial charge in [0.25, 0.3) is 11.6 Å². The van der Waals surface area contributed by atoms with E-state index in [4.69, 9.17) is 11.6 Å². The van der Waals surface area contributed by atoms with Crippen LogP contribution in [0, 0.1) is 34.1 Å². The molecule has 172 valence electrons. The van der Waals surface area contributed by atoms with Crippen molar-refractivity contribution >= 4 is 46.4 Å². The average molecular weight is 481 g/mol. The molecule has 4 rings (SSSR count). The van der Waals surface area contributed by atoms with Crippen LogP contribution in [0.2, 0.25) is 5.02 Å². The SMILES string of the molecule is CC1=NN(c2cccc(Cl)c2)C(=O)/C1=C/c1c(C)nn(-c2ccc([N+](=O)[O-])cc2[N+](=O)[O-])c1C. The molecular formula is C22H17ClN6O5. The van der Waals surface area contributed by atoms with Gasteiger partial charge in [-0.2, -0.15) is 15.2 Å². The maximum atomic E-state index is 13.1. The lowest BCUT2D eigenvalue weighted by molar-refractivity contribution is -0.394. The molecule has 0 radical (unpaired) electrons. The van der Waals surface area contributed by atoms with Gasteiger partial charge in [-0.1, -0.05) is 17.7 Å². The number of aromatic nitrogens is 2. The van der Waals surface area contributed by atoms with Crippen LogP contribution in [0.3, 0.4) is 0 Å². The van der Waals surface area contributed by atoms with Gasteiger partial charge in [-0.15, -0.1) is 0 Å². The lowest BCUT2D eigenvalue weighted by atomic mass is 10.1. The van der Waals surface area contributed by atoms with Crippen molar-refractivity contribution in [3.63, 3.8) is 0 Å². The maximum absolute atomic E-state index is 13.1. The number of benzene rings is 2. The number of nitro benzene ring substituents is 2. The van der Waals surface area contributed by atoms with Gasteiger partial charge in [0.1, 0.15) is 5.69 Å². The molecule has 0 saturated heterocycles. The van der Waals surface area contributed by atoms with E-state index in [0.29, 0.717) is 38.9 Å². The molecule has 1 aromatic heterocycles. The van der Waals surface area contributed by atoms with Gasteiger partial charge in [0.2, 0.25) is 0 Å². The molecule has 12 heteroatoms. The second-order valence-electron chi connectivity index (χ2n) is 7.52. The zero-order valence-electron chi connectivity index (χ0n) is 18.2. The summed E-state index contributed by atoms with van der Waals surface area (Å²) in [6, 6.07) is 10.1. The summed E-state index contributed by atoms with van der Waals surface area (Å²) in [4.78, 5) is 34.3. The number of anilines is 1. The molecule has 0 N–H and O–H groups in total. The van der Waals surface area contributed by atoms with E-state index >= 15 is 0 Å². The Labute approximate surface area is 197 Å². The highest BCUT2D eigenvalue weighted by Gasteiger charge is 2.30. The van der Waals surface area contributed by atoms with Gasteiger partial charge in [0.05, 0.1) is 38.6 Å². The number of hydrogen-bond donors (Lipinski definition) is 0. The van der Waals surface area contributed by atoms with Crippen LogP contribution in [-0.2, 0) is 4.79 Å². The quantitative estimate of drug-likeness (QED) is 0.293. The Morgan fingerprint density at radius 1 is 1.03 bits per heavy atom. The summed E-state index contributed by atoms with van der Waals surface area (Å²) in [5.41, 5.74) is 2.17. The fourth-order valence-electron chi connectivity index (χ4n) is 3.66. The first kappa shape index (κ1) is 22.8. The largest absolute Gasteiger partial charge is 0.301 e. The molecule has 0 unspecified atom stereocenters. The molecule has 1 aliphatic heterocycles. The highest BCUT2D eigenvalue weighted by atomic mass is 35.5. The first-order valence-corrected chi connectivity index (χ1v) is 10.3. The summed E-state index contributed by atoms with van der Waals surface area (Å²) in [5, 5.41) is 33.1. The van der Waals surface area contributed by atoms with Crippen molar-refractivity contribution in [2.75, 3.05) is 5.01 Å².